The Morgan fingerprint density at radius 1 is 1.23 bits per heavy atom. The van der Waals surface area contributed by atoms with E-state index in [1.54, 1.807) is 11.8 Å². The summed E-state index contributed by atoms with van der Waals surface area (Å²) in [5.41, 5.74) is 7.79. The number of hydrogen-bond donors (Lipinski definition) is 2. The third-order valence-corrected chi connectivity index (χ3v) is 3.77. The zero-order valence-electron chi connectivity index (χ0n) is 13.0. The summed E-state index contributed by atoms with van der Waals surface area (Å²) >= 11 is 0. The molecule has 2 amide bonds. The Morgan fingerprint density at radius 2 is 1.82 bits per heavy atom. The van der Waals surface area contributed by atoms with Gasteiger partial charge in [-0.1, -0.05) is 29.8 Å². The fourth-order valence-corrected chi connectivity index (χ4v) is 2.35. The lowest BCUT2D eigenvalue weighted by Gasteiger charge is -2.29. The molecule has 1 aliphatic heterocycles. The third kappa shape index (κ3) is 4.05. The van der Waals surface area contributed by atoms with Crippen LogP contribution in [0.3, 0.4) is 0 Å². The molecule has 1 aromatic carbocycles. The first-order valence-corrected chi connectivity index (χ1v) is 7.48. The minimum absolute atomic E-state index is 0.104. The topological polar surface area (TPSA) is 84.7 Å². The van der Waals surface area contributed by atoms with Gasteiger partial charge >= 0.3 is 0 Å². The van der Waals surface area contributed by atoms with Gasteiger partial charge in [-0.3, -0.25) is 9.59 Å². The predicted molar refractivity (Wildman–Crippen MR) is 83.1 cm³/mol. The van der Waals surface area contributed by atoms with Gasteiger partial charge in [-0.15, -0.1) is 0 Å². The average molecular weight is 305 g/mol. The number of nitrogens with one attached hydrogen (secondary N) is 1. The second-order valence-electron chi connectivity index (χ2n) is 5.56. The van der Waals surface area contributed by atoms with E-state index in [1.807, 2.05) is 31.2 Å². The summed E-state index contributed by atoms with van der Waals surface area (Å²) in [6.45, 7) is 5.84. The molecule has 6 heteroatoms. The van der Waals surface area contributed by atoms with Crippen molar-refractivity contribution in [3.8, 4) is 0 Å². The fraction of sp³-hybridized carbons (Fsp3) is 0.500. The van der Waals surface area contributed by atoms with Crippen molar-refractivity contribution in [2.45, 2.75) is 25.9 Å². The Hall–Kier alpha value is -1.92. The maximum absolute atomic E-state index is 12.3. The highest BCUT2D eigenvalue weighted by Gasteiger charge is 2.25. The van der Waals surface area contributed by atoms with Crippen molar-refractivity contribution in [1.82, 2.24) is 10.2 Å². The Bertz CT molecular complexity index is 524. The molecule has 0 aromatic heterocycles. The van der Waals surface area contributed by atoms with Gasteiger partial charge in [0.2, 0.25) is 11.8 Å². The van der Waals surface area contributed by atoms with E-state index in [0.29, 0.717) is 26.3 Å². The van der Waals surface area contributed by atoms with Crippen LogP contribution in [0.1, 0.15) is 24.1 Å². The molecule has 0 saturated carbocycles. The van der Waals surface area contributed by atoms with Crippen molar-refractivity contribution in [2.24, 2.45) is 5.73 Å². The highest BCUT2D eigenvalue weighted by Crippen LogP contribution is 2.12. The largest absolute Gasteiger partial charge is 0.378 e. The number of amides is 2. The van der Waals surface area contributed by atoms with E-state index < -0.39 is 12.1 Å². The minimum Gasteiger partial charge on any atom is -0.378 e. The van der Waals surface area contributed by atoms with Gasteiger partial charge < -0.3 is 20.7 Å². The van der Waals surface area contributed by atoms with Crippen LogP contribution in [0.2, 0.25) is 0 Å². The number of carbonyl (C=O) groups excluding carboxylic acids is 2. The smallest absolute Gasteiger partial charge is 0.245 e. The Balaban J connectivity index is 1.92. The number of carbonyl (C=O) groups is 2. The second kappa shape index (κ2) is 7.38. The monoisotopic (exact) mass is 305 g/mol. The Kier molecular flexibility index (Phi) is 5.51. The lowest BCUT2D eigenvalue weighted by Crippen LogP contribution is -2.51. The Labute approximate surface area is 130 Å². The molecule has 3 N–H and O–H groups in total. The number of nitrogens with zero attached hydrogens (tertiary/aromatic N) is 1. The first-order chi connectivity index (χ1) is 10.5. The van der Waals surface area contributed by atoms with Gasteiger partial charge in [0.1, 0.15) is 12.1 Å². The number of nitrogens with two attached hydrogens (primary N) is 1. The van der Waals surface area contributed by atoms with Crippen LogP contribution in [0.5, 0.6) is 0 Å². The van der Waals surface area contributed by atoms with Crippen LogP contribution < -0.4 is 11.1 Å². The van der Waals surface area contributed by atoms with E-state index in [1.165, 1.54) is 0 Å². The summed E-state index contributed by atoms with van der Waals surface area (Å²) in [7, 11) is 0. The molecule has 1 heterocycles. The van der Waals surface area contributed by atoms with E-state index in [4.69, 9.17) is 10.5 Å². The van der Waals surface area contributed by atoms with Crippen LogP contribution in [-0.2, 0) is 14.3 Å². The highest BCUT2D eigenvalue weighted by atomic mass is 16.5. The molecule has 0 bridgehead atoms. The SMILES string of the molecule is Cc1ccc(C(N)C(=O)NC(C)C(=O)N2CCOCC2)cc1. The quantitative estimate of drug-likeness (QED) is 0.841. The predicted octanol–water partition coefficient (Wildman–Crippen LogP) is 0.358. The normalized spacial score (nSPS) is 17.7. The van der Waals surface area contributed by atoms with Gasteiger partial charge in [0.15, 0.2) is 0 Å². The zero-order valence-corrected chi connectivity index (χ0v) is 13.0. The molecule has 0 aliphatic carbocycles. The fourth-order valence-electron chi connectivity index (χ4n) is 2.35. The first-order valence-electron chi connectivity index (χ1n) is 7.48. The number of hydrogen-bond acceptors (Lipinski definition) is 4. The molecule has 1 fully saturated rings. The van der Waals surface area contributed by atoms with Crippen LogP contribution in [0.4, 0.5) is 0 Å². The molecule has 2 rings (SSSR count). The lowest BCUT2D eigenvalue weighted by atomic mass is 10.0. The zero-order chi connectivity index (χ0) is 16.1. The molecule has 6 nitrogen and oxygen atoms in total. The van der Waals surface area contributed by atoms with Crippen molar-refractivity contribution in [1.29, 1.82) is 0 Å². The Morgan fingerprint density at radius 3 is 2.41 bits per heavy atom. The molecule has 0 spiro atoms. The number of ether oxygens (including phenoxy) is 1. The van der Waals surface area contributed by atoms with E-state index in [0.717, 1.165) is 11.1 Å². The summed E-state index contributed by atoms with van der Waals surface area (Å²) in [6.07, 6.45) is 0. The maximum Gasteiger partial charge on any atom is 0.245 e. The summed E-state index contributed by atoms with van der Waals surface area (Å²) < 4.78 is 5.22. The summed E-state index contributed by atoms with van der Waals surface area (Å²) in [5.74, 6) is -0.453. The van der Waals surface area contributed by atoms with Crippen LogP contribution in [0.25, 0.3) is 0 Å². The van der Waals surface area contributed by atoms with Gasteiger partial charge in [0.05, 0.1) is 13.2 Å². The van der Waals surface area contributed by atoms with E-state index in [2.05, 4.69) is 5.32 Å². The van der Waals surface area contributed by atoms with E-state index in [9.17, 15) is 9.59 Å². The summed E-state index contributed by atoms with van der Waals surface area (Å²) in [5, 5.41) is 2.69. The van der Waals surface area contributed by atoms with Crippen LogP contribution in [-0.4, -0.2) is 49.1 Å². The molecule has 1 saturated heterocycles. The minimum atomic E-state index is -0.777. The molecule has 2 atom stereocenters. The van der Waals surface area contributed by atoms with Crippen LogP contribution in [0, 0.1) is 6.92 Å². The van der Waals surface area contributed by atoms with Gasteiger partial charge in [0, 0.05) is 13.1 Å². The van der Waals surface area contributed by atoms with Crippen molar-refractivity contribution in [2.75, 3.05) is 26.3 Å². The molecule has 22 heavy (non-hydrogen) atoms. The van der Waals surface area contributed by atoms with Crippen LogP contribution in [0.15, 0.2) is 24.3 Å². The third-order valence-electron chi connectivity index (χ3n) is 3.77. The van der Waals surface area contributed by atoms with Gasteiger partial charge in [-0.05, 0) is 19.4 Å². The number of benzene rings is 1. The van der Waals surface area contributed by atoms with Gasteiger partial charge in [0.25, 0.3) is 0 Å². The van der Waals surface area contributed by atoms with Gasteiger partial charge in [-0.2, -0.15) is 0 Å². The van der Waals surface area contributed by atoms with Gasteiger partial charge in [-0.25, -0.2) is 0 Å². The number of rotatable bonds is 4. The second-order valence-corrected chi connectivity index (χ2v) is 5.56. The van der Waals surface area contributed by atoms with Crippen molar-refractivity contribution in [3.05, 3.63) is 35.4 Å². The highest BCUT2D eigenvalue weighted by molar-refractivity contribution is 5.90. The molecule has 1 aromatic rings. The summed E-state index contributed by atoms with van der Waals surface area (Å²) in [4.78, 5) is 26.1. The van der Waals surface area contributed by atoms with E-state index >= 15 is 0 Å². The van der Waals surface area contributed by atoms with Crippen molar-refractivity contribution < 1.29 is 14.3 Å². The number of morpholine rings is 1. The molecule has 1 aliphatic rings. The standard InChI is InChI=1S/C16H23N3O3/c1-11-3-5-13(6-4-11)14(17)15(20)18-12(2)16(21)19-7-9-22-10-8-19/h3-6,12,14H,7-10,17H2,1-2H3,(H,18,20). The molecule has 120 valence electrons. The number of aryl methyl sites for hydroxylation is 1. The van der Waals surface area contributed by atoms with E-state index in [-0.39, 0.29) is 11.8 Å². The van der Waals surface area contributed by atoms with Crippen molar-refractivity contribution >= 4 is 11.8 Å². The molecule has 2 unspecified atom stereocenters. The summed E-state index contributed by atoms with van der Waals surface area (Å²) in [6, 6.07) is 6.10. The van der Waals surface area contributed by atoms with Crippen molar-refractivity contribution in [3.63, 3.8) is 0 Å². The van der Waals surface area contributed by atoms with Crippen LogP contribution >= 0.6 is 0 Å². The maximum atomic E-state index is 12.3. The molecule has 0 radical (unpaired) electrons. The lowest BCUT2D eigenvalue weighted by molar-refractivity contribution is -0.139. The molecular formula is C16H23N3O3. The molecular weight excluding hydrogens is 282 g/mol. The average Bonchev–Trinajstić information content (AvgIpc) is 2.54. The first kappa shape index (κ1) is 16.5.